The Kier molecular flexibility index (Phi) is 4.47. The number of fused-ring (bicyclic) bond motifs is 1. The molecule has 1 atom stereocenters. The number of amides is 2. The molecule has 1 unspecified atom stereocenters. The van der Waals surface area contributed by atoms with Crippen LogP contribution >= 0.6 is 0 Å². The Balaban J connectivity index is 1.44. The van der Waals surface area contributed by atoms with Gasteiger partial charge in [-0.15, -0.1) is 0 Å². The van der Waals surface area contributed by atoms with E-state index in [1.165, 1.54) is 6.07 Å². The van der Waals surface area contributed by atoms with Crippen LogP contribution in [0.1, 0.15) is 19.3 Å². The van der Waals surface area contributed by atoms with Crippen molar-refractivity contribution in [1.29, 1.82) is 0 Å². The Morgan fingerprint density at radius 2 is 1.90 bits per heavy atom. The highest BCUT2D eigenvalue weighted by molar-refractivity contribution is 6.03. The van der Waals surface area contributed by atoms with Gasteiger partial charge in [-0.2, -0.15) is 5.10 Å². The van der Waals surface area contributed by atoms with Crippen molar-refractivity contribution >= 4 is 22.6 Å². The van der Waals surface area contributed by atoms with Crippen LogP contribution in [-0.2, 0) is 0 Å². The lowest BCUT2D eigenvalue weighted by molar-refractivity contribution is 0.0429. The maximum atomic E-state index is 14.3. The van der Waals surface area contributed by atoms with Gasteiger partial charge in [0.15, 0.2) is 0 Å². The molecule has 0 bridgehead atoms. The predicted octanol–water partition coefficient (Wildman–Crippen LogP) is 3.57. The summed E-state index contributed by atoms with van der Waals surface area (Å²) < 4.78 is 15.8. The van der Waals surface area contributed by atoms with E-state index in [4.69, 9.17) is 0 Å². The van der Waals surface area contributed by atoms with Gasteiger partial charge in [0.2, 0.25) is 0 Å². The molecular weight excluding hydrogens is 371 g/mol. The lowest BCUT2D eigenvalue weighted by Crippen LogP contribution is -2.41. The maximum absolute atomic E-state index is 14.3. The average molecular weight is 394 g/mol. The quantitative estimate of drug-likeness (QED) is 0.720. The Bertz CT molecular complexity index is 1060. The second kappa shape index (κ2) is 7.15. The molecule has 29 heavy (non-hydrogen) atoms. The van der Waals surface area contributed by atoms with Crippen LogP contribution in [-0.4, -0.2) is 51.6 Å². The number of urea groups is 1. The van der Waals surface area contributed by atoms with Crippen LogP contribution in [0.25, 0.3) is 16.6 Å². The first kappa shape index (κ1) is 18.1. The summed E-state index contributed by atoms with van der Waals surface area (Å²) >= 11 is 0. The predicted molar refractivity (Wildman–Crippen MR) is 109 cm³/mol. The first-order valence-corrected chi connectivity index (χ1v) is 10.1. The normalized spacial score (nSPS) is 18.5. The van der Waals surface area contributed by atoms with Crippen LogP contribution in [0.5, 0.6) is 0 Å². The van der Waals surface area contributed by atoms with E-state index in [1.807, 2.05) is 18.2 Å². The number of aromatic nitrogens is 2. The van der Waals surface area contributed by atoms with Gasteiger partial charge in [0.25, 0.3) is 0 Å². The number of anilines is 1. The third-order valence-corrected chi connectivity index (χ3v) is 6.16. The van der Waals surface area contributed by atoms with Crippen LogP contribution in [0.4, 0.5) is 14.9 Å². The van der Waals surface area contributed by atoms with E-state index in [9.17, 15) is 14.3 Å². The van der Waals surface area contributed by atoms with Crippen molar-refractivity contribution in [3.63, 3.8) is 0 Å². The van der Waals surface area contributed by atoms with Gasteiger partial charge in [-0.1, -0.05) is 24.6 Å². The van der Waals surface area contributed by atoms with E-state index >= 15 is 0 Å². The summed E-state index contributed by atoms with van der Waals surface area (Å²) in [6, 6.07) is 12.0. The zero-order chi connectivity index (χ0) is 20.0. The number of carbonyl (C=O) groups is 1. The van der Waals surface area contributed by atoms with Gasteiger partial charge in [0.1, 0.15) is 11.5 Å². The summed E-state index contributed by atoms with van der Waals surface area (Å²) in [7, 11) is 0. The number of halogens is 1. The standard InChI is InChI=1S/C22H23FN4O2/c23-17-7-1-2-8-20(17)27-19-10-4-9-18(16(19)13-24-27)26-12-11-25(22(26)29)14-21(28)15-5-3-6-15/h1-2,4,7-10,13,15,21,28H,3,5-6,11-12,14H2. The fourth-order valence-electron chi connectivity index (χ4n) is 4.26. The van der Waals surface area contributed by atoms with Gasteiger partial charge in [0, 0.05) is 25.0 Å². The highest BCUT2D eigenvalue weighted by Crippen LogP contribution is 2.33. The smallest absolute Gasteiger partial charge is 0.324 e. The van der Waals surface area contributed by atoms with Crippen molar-refractivity contribution < 1.29 is 14.3 Å². The molecule has 1 saturated carbocycles. The van der Waals surface area contributed by atoms with E-state index in [0.29, 0.717) is 31.2 Å². The monoisotopic (exact) mass is 394 g/mol. The first-order valence-electron chi connectivity index (χ1n) is 10.1. The molecule has 2 aliphatic rings. The second-order valence-electron chi connectivity index (χ2n) is 7.86. The highest BCUT2D eigenvalue weighted by Gasteiger charge is 2.35. The van der Waals surface area contributed by atoms with Crippen LogP contribution in [0, 0.1) is 11.7 Å². The molecule has 6 nitrogen and oxygen atoms in total. The minimum atomic E-state index is -0.452. The van der Waals surface area contributed by atoms with E-state index in [-0.39, 0.29) is 11.8 Å². The molecule has 1 aromatic heterocycles. The summed E-state index contributed by atoms with van der Waals surface area (Å²) in [6.07, 6.45) is 4.47. The topological polar surface area (TPSA) is 61.6 Å². The number of aliphatic hydroxyl groups excluding tert-OH is 1. The lowest BCUT2D eigenvalue weighted by atomic mass is 9.81. The Labute approximate surface area is 168 Å². The summed E-state index contributed by atoms with van der Waals surface area (Å²) in [5.41, 5.74) is 1.88. The van der Waals surface area contributed by atoms with Crippen LogP contribution in [0.15, 0.2) is 48.7 Å². The van der Waals surface area contributed by atoms with Crippen molar-refractivity contribution in [2.75, 3.05) is 24.5 Å². The fourth-order valence-corrected chi connectivity index (χ4v) is 4.26. The number of nitrogens with zero attached hydrogens (tertiary/aromatic N) is 4. The molecular formula is C22H23FN4O2. The van der Waals surface area contributed by atoms with Crippen molar-refractivity contribution in [3.05, 3.63) is 54.5 Å². The number of para-hydroxylation sites is 1. The summed E-state index contributed by atoms with van der Waals surface area (Å²) in [5.74, 6) is -0.0319. The van der Waals surface area contributed by atoms with Gasteiger partial charge in [-0.3, -0.25) is 4.90 Å². The van der Waals surface area contributed by atoms with Gasteiger partial charge in [-0.25, -0.2) is 13.9 Å². The fraction of sp³-hybridized carbons (Fsp3) is 0.364. The molecule has 1 aliphatic heterocycles. The highest BCUT2D eigenvalue weighted by atomic mass is 19.1. The maximum Gasteiger partial charge on any atom is 0.324 e. The zero-order valence-electron chi connectivity index (χ0n) is 16.0. The van der Waals surface area contributed by atoms with Crippen molar-refractivity contribution in [2.45, 2.75) is 25.4 Å². The number of hydrogen-bond donors (Lipinski definition) is 1. The van der Waals surface area contributed by atoms with Gasteiger partial charge in [-0.05, 0) is 43.0 Å². The van der Waals surface area contributed by atoms with Gasteiger partial charge in [0.05, 0.1) is 23.5 Å². The molecule has 0 radical (unpaired) electrons. The molecule has 0 spiro atoms. The largest absolute Gasteiger partial charge is 0.391 e. The molecule has 150 valence electrons. The average Bonchev–Trinajstić information content (AvgIpc) is 3.25. The SMILES string of the molecule is O=C1N(CC(O)C2CCC2)CCN1c1cccc2c1cnn2-c1ccccc1F. The van der Waals surface area contributed by atoms with Crippen LogP contribution in [0.2, 0.25) is 0 Å². The molecule has 2 heterocycles. The third kappa shape index (κ3) is 3.06. The molecule has 2 amide bonds. The number of aliphatic hydroxyl groups is 1. The molecule has 5 rings (SSSR count). The van der Waals surface area contributed by atoms with Gasteiger partial charge < -0.3 is 10.0 Å². The molecule has 2 aromatic carbocycles. The Hall–Kier alpha value is -2.93. The Morgan fingerprint density at radius 3 is 2.66 bits per heavy atom. The van der Waals surface area contributed by atoms with Crippen molar-refractivity contribution in [3.8, 4) is 5.69 Å². The number of rotatable bonds is 5. The van der Waals surface area contributed by atoms with Crippen LogP contribution < -0.4 is 4.90 Å². The van der Waals surface area contributed by atoms with Gasteiger partial charge >= 0.3 is 6.03 Å². The number of benzene rings is 2. The first-order chi connectivity index (χ1) is 14.1. The molecule has 7 heteroatoms. The van der Waals surface area contributed by atoms with E-state index in [2.05, 4.69) is 5.10 Å². The van der Waals surface area contributed by atoms with Crippen molar-refractivity contribution in [2.24, 2.45) is 5.92 Å². The minimum Gasteiger partial charge on any atom is -0.391 e. The van der Waals surface area contributed by atoms with E-state index in [1.54, 1.807) is 38.9 Å². The molecule has 1 N–H and O–H groups in total. The zero-order valence-corrected chi connectivity index (χ0v) is 16.0. The molecule has 1 saturated heterocycles. The Morgan fingerprint density at radius 1 is 1.10 bits per heavy atom. The van der Waals surface area contributed by atoms with E-state index < -0.39 is 6.10 Å². The van der Waals surface area contributed by atoms with Crippen molar-refractivity contribution in [1.82, 2.24) is 14.7 Å². The summed E-state index contributed by atoms with van der Waals surface area (Å²) in [4.78, 5) is 16.4. The minimum absolute atomic E-state index is 0.102. The number of hydrogen-bond acceptors (Lipinski definition) is 3. The molecule has 2 fully saturated rings. The van der Waals surface area contributed by atoms with E-state index in [0.717, 1.165) is 35.9 Å². The second-order valence-corrected chi connectivity index (χ2v) is 7.86. The number of β-amino-alcohol motifs (C(OH)–C–C–N with tert-alkyl or cyclic N) is 1. The number of carbonyl (C=O) groups excluding carboxylic acids is 1. The third-order valence-electron chi connectivity index (χ3n) is 6.16. The summed E-state index contributed by atoms with van der Waals surface area (Å²) in [6.45, 7) is 1.52. The van der Waals surface area contributed by atoms with Crippen LogP contribution in [0.3, 0.4) is 0 Å². The summed E-state index contributed by atoms with van der Waals surface area (Å²) in [5, 5.41) is 15.5. The lowest BCUT2D eigenvalue weighted by Gasteiger charge is -2.32. The molecule has 1 aliphatic carbocycles. The molecule has 3 aromatic rings.